The van der Waals surface area contributed by atoms with Crippen LogP contribution in [-0.2, 0) is 16.8 Å². The van der Waals surface area contributed by atoms with Crippen LogP contribution in [0.15, 0.2) is 36.0 Å². The molecule has 1 saturated carbocycles. The zero-order chi connectivity index (χ0) is 17.1. The Morgan fingerprint density at radius 2 is 1.92 bits per heavy atom. The molecule has 1 saturated heterocycles. The molecule has 5 nitrogen and oxygen atoms in total. The van der Waals surface area contributed by atoms with Gasteiger partial charge >= 0.3 is 0 Å². The summed E-state index contributed by atoms with van der Waals surface area (Å²) < 4.78 is 1.97. The van der Waals surface area contributed by atoms with E-state index in [4.69, 9.17) is 0 Å². The Morgan fingerprint density at radius 1 is 1.12 bits per heavy atom. The third kappa shape index (κ3) is 3.37. The van der Waals surface area contributed by atoms with E-state index in [1.807, 2.05) is 23.1 Å². The van der Waals surface area contributed by atoms with Gasteiger partial charge < -0.3 is 4.90 Å². The number of rotatable bonds is 5. The summed E-state index contributed by atoms with van der Waals surface area (Å²) in [6.45, 7) is 5.55. The Hall–Kier alpha value is -1.66. The zero-order valence-corrected chi connectivity index (χ0v) is 15.5. The topological polar surface area (TPSA) is 41.4 Å². The van der Waals surface area contributed by atoms with Crippen LogP contribution in [0, 0.1) is 0 Å². The van der Waals surface area contributed by atoms with Gasteiger partial charge in [0.15, 0.2) is 0 Å². The third-order valence-electron chi connectivity index (χ3n) is 5.72. The summed E-state index contributed by atoms with van der Waals surface area (Å²) in [4.78, 5) is 19.2. The first-order valence-electron chi connectivity index (χ1n) is 9.31. The van der Waals surface area contributed by atoms with E-state index in [1.165, 1.54) is 17.7 Å². The SMILES string of the molecule is O=C(N1CCN(CCn2cccn2)CC1)C1(c2cccs2)CCCC1. The monoisotopic (exact) mass is 358 g/mol. The van der Waals surface area contributed by atoms with E-state index in [-0.39, 0.29) is 5.41 Å². The van der Waals surface area contributed by atoms with Gasteiger partial charge in [-0.25, -0.2) is 0 Å². The van der Waals surface area contributed by atoms with Crippen LogP contribution in [0.3, 0.4) is 0 Å². The van der Waals surface area contributed by atoms with Gasteiger partial charge in [0, 0.05) is 50.0 Å². The van der Waals surface area contributed by atoms with Crippen LogP contribution in [-0.4, -0.2) is 58.2 Å². The molecule has 2 aromatic heterocycles. The Bertz CT molecular complexity index is 668. The first-order chi connectivity index (χ1) is 12.3. The molecule has 1 aliphatic heterocycles. The van der Waals surface area contributed by atoms with Crippen molar-refractivity contribution in [1.29, 1.82) is 0 Å². The molecule has 1 aliphatic carbocycles. The number of amides is 1. The molecule has 2 aliphatic rings. The van der Waals surface area contributed by atoms with Crippen molar-refractivity contribution in [2.75, 3.05) is 32.7 Å². The van der Waals surface area contributed by atoms with Crippen molar-refractivity contribution in [1.82, 2.24) is 19.6 Å². The van der Waals surface area contributed by atoms with Gasteiger partial charge in [-0.3, -0.25) is 14.4 Å². The predicted octanol–water partition coefficient (Wildman–Crippen LogP) is 2.60. The second-order valence-electron chi connectivity index (χ2n) is 7.17. The first kappa shape index (κ1) is 16.8. The minimum atomic E-state index is -0.231. The van der Waals surface area contributed by atoms with Gasteiger partial charge in [-0.2, -0.15) is 5.10 Å². The lowest BCUT2D eigenvalue weighted by atomic mass is 9.82. The highest BCUT2D eigenvalue weighted by atomic mass is 32.1. The van der Waals surface area contributed by atoms with Crippen LogP contribution in [0.2, 0.25) is 0 Å². The molecule has 1 amide bonds. The maximum absolute atomic E-state index is 13.4. The molecule has 134 valence electrons. The van der Waals surface area contributed by atoms with Crippen molar-refractivity contribution in [2.24, 2.45) is 0 Å². The van der Waals surface area contributed by atoms with Gasteiger partial charge in [-0.15, -0.1) is 11.3 Å². The summed E-state index contributed by atoms with van der Waals surface area (Å²) in [6.07, 6.45) is 8.21. The molecule has 0 atom stereocenters. The van der Waals surface area contributed by atoms with E-state index in [0.29, 0.717) is 5.91 Å². The lowest BCUT2D eigenvalue weighted by Crippen LogP contribution is -2.54. The van der Waals surface area contributed by atoms with Gasteiger partial charge in [0.2, 0.25) is 5.91 Å². The lowest BCUT2D eigenvalue weighted by Gasteiger charge is -2.39. The van der Waals surface area contributed by atoms with E-state index in [9.17, 15) is 4.79 Å². The molecule has 2 aromatic rings. The lowest BCUT2D eigenvalue weighted by molar-refractivity contribution is -0.139. The fourth-order valence-corrected chi connectivity index (χ4v) is 5.23. The third-order valence-corrected chi connectivity index (χ3v) is 6.80. The molecule has 3 heterocycles. The van der Waals surface area contributed by atoms with Crippen molar-refractivity contribution >= 4 is 17.2 Å². The molecule has 0 bridgehead atoms. The predicted molar refractivity (Wildman–Crippen MR) is 99.7 cm³/mol. The molecular formula is C19H26N4OS. The maximum Gasteiger partial charge on any atom is 0.234 e. The summed E-state index contributed by atoms with van der Waals surface area (Å²) in [7, 11) is 0. The summed E-state index contributed by atoms with van der Waals surface area (Å²) >= 11 is 1.75. The molecule has 0 aromatic carbocycles. The fourth-order valence-electron chi connectivity index (χ4n) is 4.25. The van der Waals surface area contributed by atoms with E-state index in [2.05, 4.69) is 32.4 Å². The fraction of sp³-hybridized carbons (Fsp3) is 0.579. The Kier molecular flexibility index (Phi) is 4.90. The number of hydrogen-bond donors (Lipinski definition) is 0. The number of aromatic nitrogens is 2. The number of carbonyl (C=O) groups excluding carboxylic acids is 1. The minimum absolute atomic E-state index is 0.231. The zero-order valence-electron chi connectivity index (χ0n) is 14.6. The van der Waals surface area contributed by atoms with Gasteiger partial charge in [-0.1, -0.05) is 18.9 Å². The number of piperazine rings is 1. The van der Waals surface area contributed by atoms with Crippen molar-refractivity contribution in [2.45, 2.75) is 37.6 Å². The molecule has 0 N–H and O–H groups in total. The maximum atomic E-state index is 13.4. The Labute approximate surface area is 153 Å². The van der Waals surface area contributed by atoms with E-state index in [1.54, 1.807) is 11.3 Å². The molecule has 0 radical (unpaired) electrons. The largest absolute Gasteiger partial charge is 0.339 e. The first-order valence-corrected chi connectivity index (χ1v) is 10.2. The molecule has 25 heavy (non-hydrogen) atoms. The average molecular weight is 359 g/mol. The molecule has 6 heteroatoms. The molecule has 2 fully saturated rings. The summed E-state index contributed by atoms with van der Waals surface area (Å²) in [6, 6.07) is 6.21. The summed E-state index contributed by atoms with van der Waals surface area (Å²) in [5, 5.41) is 6.37. The van der Waals surface area contributed by atoms with Gasteiger partial charge in [0.25, 0.3) is 0 Å². The quantitative estimate of drug-likeness (QED) is 0.825. The standard InChI is InChI=1S/C19H26N4OS/c24-18(19(6-1-2-7-19)17-5-3-16-25-17)22-13-10-21(11-14-22)12-15-23-9-4-8-20-23/h3-5,8-9,16H,1-2,6-7,10-15H2. The Morgan fingerprint density at radius 3 is 2.56 bits per heavy atom. The van der Waals surface area contributed by atoms with E-state index < -0.39 is 0 Å². The van der Waals surface area contributed by atoms with Crippen LogP contribution in [0.4, 0.5) is 0 Å². The van der Waals surface area contributed by atoms with Crippen LogP contribution < -0.4 is 0 Å². The van der Waals surface area contributed by atoms with Gasteiger partial charge in [0.05, 0.1) is 12.0 Å². The minimum Gasteiger partial charge on any atom is -0.339 e. The van der Waals surface area contributed by atoms with Crippen molar-refractivity contribution in [3.8, 4) is 0 Å². The highest BCUT2D eigenvalue weighted by Crippen LogP contribution is 2.44. The summed E-state index contributed by atoms with van der Waals surface area (Å²) in [5.41, 5.74) is -0.231. The van der Waals surface area contributed by atoms with Crippen molar-refractivity contribution < 1.29 is 4.79 Å². The van der Waals surface area contributed by atoms with Crippen molar-refractivity contribution in [3.63, 3.8) is 0 Å². The Balaban J connectivity index is 1.36. The number of nitrogens with zero attached hydrogens (tertiary/aromatic N) is 4. The van der Waals surface area contributed by atoms with E-state index >= 15 is 0 Å². The number of carbonyl (C=O) groups is 1. The smallest absolute Gasteiger partial charge is 0.234 e. The molecular weight excluding hydrogens is 332 g/mol. The second-order valence-corrected chi connectivity index (χ2v) is 8.12. The average Bonchev–Trinajstić information content (AvgIpc) is 3.42. The van der Waals surface area contributed by atoms with Crippen LogP contribution in [0.25, 0.3) is 0 Å². The molecule has 0 spiro atoms. The van der Waals surface area contributed by atoms with Gasteiger partial charge in [0.1, 0.15) is 0 Å². The number of thiophene rings is 1. The molecule has 4 rings (SSSR count). The molecule has 0 unspecified atom stereocenters. The van der Waals surface area contributed by atoms with Crippen LogP contribution in [0.1, 0.15) is 30.6 Å². The van der Waals surface area contributed by atoms with Crippen LogP contribution in [0.5, 0.6) is 0 Å². The van der Waals surface area contributed by atoms with Gasteiger partial charge in [-0.05, 0) is 30.4 Å². The number of hydrogen-bond acceptors (Lipinski definition) is 4. The van der Waals surface area contributed by atoms with Crippen LogP contribution >= 0.6 is 11.3 Å². The highest BCUT2D eigenvalue weighted by Gasteiger charge is 2.46. The second kappa shape index (κ2) is 7.30. The normalized spacial score (nSPS) is 20.9. The summed E-state index contributed by atoms with van der Waals surface area (Å²) in [5.74, 6) is 0.374. The van der Waals surface area contributed by atoms with Crippen molar-refractivity contribution in [3.05, 3.63) is 40.8 Å². The van der Waals surface area contributed by atoms with E-state index in [0.717, 1.165) is 52.1 Å². The highest BCUT2D eigenvalue weighted by molar-refractivity contribution is 7.10.